The highest BCUT2D eigenvalue weighted by atomic mass is 79.9. The maximum atomic E-state index is 14.5. The molecule has 0 aliphatic carbocycles. The van der Waals surface area contributed by atoms with Crippen molar-refractivity contribution in [1.29, 1.82) is 0 Å². The third kappa shape index (κ3) is 5.71. The van der Waals surface area contributed by atoms with E-state index in [1.54, 1.807) is 24.8 Å². The Morgan fingerprint density at radius 1 is 1.15 bits per heavy atom. The molecule has 12 nitrogen and oxygen atoms in total. The van der Waals surface area contributed by atoms with Gasteiger partial charge in [-0.1, -0.05) is 28.1 Å². The van der Waals surface area contributed by atoms with Crippen LogP contribution in [-0.4, -0.2) is 132 Å². The zero-order valence-corrected chi connectivity index (χ0v) is 25.1. The van der Waals surface area contributed by atoms with Crippen molar-refractivity contribution in [3.63, 3.8) is 0 Å². The molecule has 41 heavy (non-hydrogen) atoms. The number of ether oxygens (including phenoxy) is 3. The molecule has 0 radical (unpaired) electrons. The summed E-state index contributed by atoms with van der Waals surface area (Å²) in [4.78, 5) is 59.8. The lowest BCUT2D eigenvalue weighted by atomic mass is 9.74. The van der Waals surface area contributed by atoms with Gasteiger partial charge in [-0.2, -0.15) is 0 Å². The number of halogens is 1. The minimum absolute atomic E-state index is 0.136. The van der Waals surface area contributed by atoms with Crippen molar-refractivity contribution < 1.29 is 38.5 Å². The van der Waals surface area contributed by atoms with Gasteiger partial charge in [-0.25, -0.2) is 0 Å². The number of amides is 3. The Hall–Kier alpha value is -2.32. The molecule has 5 rings (SSSR count). The van der Waals surface area contributed by atoms with E-state index in [1.807, 2.05) is 12.2 Å². The fraction of sp³-hybridized carbons (Fsp3) is 0.714. The summed E-state index contributed by atoms with van der Waals surface area (Å²) in [5.74, 6) is -3.50. The number of rotatable bonds is 5. The fourth-order valence-electron chi connectivity index (χ4n) is 6.52. The molecule has 0 aromatic heterocycles. The average molecular weight is 640 g/mol. The second-order valence-corrected chi connectivity index (χ2v) is 12.3. The molecule has 0 saturated carbocycles. The van der Waals surface area contributed by atoms with Crippen LogP contribution in [0.1, 0.15) is 26.7 Å². The SMILES string of the molecule is C[C@H](CO)N1C(=O)[C@@H]2[C@H]3C(=O)O[C@@H](C)CNC(=O)CC/C=C\CN(CCN4CCOCC4)C(=O)[C@@H]1[C@]21C=C(Br)[C@H]3O1. The number of morpholine rings is 1. The van der Waals surface area contributed by atoms with Gasteiger partial charge in [-0.3, -0.25) is 24.1 Å². The van der Waals surface area contributed by atoms with Crippen LogP contribution in [-0.2, 0) is 33.4 Å². The van der Waals surface area contributed by atoms with Crippen molar-refractivity contribution in [2.45, 2.75) is 56.6 Å². The number of aliphatic hydroxyl groups is 1. The standard InChI is InChI=1S/C28H39BrN4O8/c1-17(16-34)33-24-26(37)32(9-8-31-10-12-39-13-11-31)7-5-3-4-6-20(35)30-15-18(2)40-27(38)21-22(25(33)36)28(24)14-19(29)23(21)41-28/h3,5,14,17-18,21-24,34H,4,6-13,15-16H2,1-2H3,(H,30,35)/b5-3-/t17-,18+,21-,22+,23-,24-,28+/m1/s1. The van der Waals surface area contributed by atoms with E-state index in [0.29, 0.717) is 37.2 Å². The molecule has 7 atom stereocenters. The third-order valence-electron chi connectivity index (χ3n) is 8.65. The average Bonchev–Trinajstić information content (AvgIpc) is 3.56. The van der Waals surface area contributed by atoms with Crippen LogP contribution in [0.3, 0.4) is 0 Å². The van der Waals surface area contributed by atoms with Crippen LogP contribution in [0, 0.1) is 11.8 Å². The first-order valence-electron chi connectivity index (χ1n) is 14.4. The Bertz CT molecular complexity index is 1110. The predicted octanol–water partition coefficient (Wildman–Crippen LogP) is -0.201. The summed E-state index contributed by atoms with van der Waals surface area (Å²) < 4.78 is 18.2. The molecule has 2 N–H and O–H groups in total. The zero-order chi connectivity index (χ0) is 29.3. The number of likely N-dealkylation sites (tertiary alicyclic amines) is 1. The molecule has 0 aromatic rings. The summed E-state index contributed by atoms with van der Waals surface area (Å²) in [6.07, 6.45) is 4.83. The van der Waals surface area contributed by atoms with E-state index in [0.717, 1.165) is 13.1 Å². The number of nitrogens with one attached hydrogen (secondary N) is 1. The topological polar surface area (TPSA) is 138 Å². The number of carbonyl (C=O) groups excluding carboxylic acids is 4. The van der Waals surface area contributed by atoms with Gasteiger partial charge in [0.1, 0.15) is 29.8 Å². The normalized spacial score (nSPS) is 36.6. The monoisotopic (exact) mass is 638 g/mol. The van der Waals surface area contributed by atoms with Crippen LogP contribution < -0.4 is 5.32 Å². The smallest absolute Gasteiger partial charge is 0.313 e. The summed E-state index contributed by atoms with van der Waals surface area (Å²) in [5, 5.41) is 12.9. The van der Waals surface area contributed by atoms with Gasteiger partial charge < -0.3 is 34.4 Å². The molecule has 1 spiro atoms. The first kappa shape index (κ1) is 30.1. The minimum atomic E-state index is -1.39. The third-order valence-corrected chi connectivity index (χ3v) is 9.33. The molecule has 226 valence electrons. The van der Waals surface area contributed by atoms with Crippen LogP contribution in [0.15, 0.2) is 22.7 Å². The van der Waals surface area contributed by atoms with Crippen molar-refractivity contribution in [1.82, 2.24) is 20.0 Å². The van der Waals surface area contributed by atoms with E-state index in [-0.39, 0.29) is 37.9 Å². The van der Waals surface area contributed by atoms with Crippen molar-refractivity contribution in [2.24, 2.45) is 11.8 Å². The molecule has 5 aliphatic heterocycles. The number of aliphatic hydroxyl groups excluding tert-OH is 1. The molecule has 3 fully saturated rings. The quantitative estimate of drug-likeness (QED) is 0.310. The van der Waals surface area contributed by atoms with Crippen molar-refractivity contribution in [3.8, 4) is 0 Å². The van der Waals surface area contributed by atoms with E-state index >= 15 is 0 Å². The van der Waals surface area contributed by atoms with Gasteiger partial charge in [0.15, 0.2) is 0 Å². The van der Waals surface area contributed by atoms with Gasteiger partial charge in [0.05, 0.1) is 38.3 Å². The van der Waals surface area contributed by atoms with Crippen LogP contribution in [0.2, 0.25) is 0 Å². The molecule has 0 unspecified atom stereocenters. The van der Waals surface area contributed by atoms with E-state index in [4.69, 9.17) is 14.2 Å². The van der Waals surface area contributed by atoms with Gasteiger partial charge in [0.2, 0.25) is 17.7 Å². The molecule has 5 aliphatic rings. The van der Waals surface area contributed by atoms with Gasteiger partial charge in [0, 0.05) is 43.6 Å². The lowest BCUT2D eigenvalue weighted by Crippen LogP contribution is -2.58. The summed E-state index contributed by atoms with van der Waals surface area (Å²) in [5.41, 5.74) is -1.39. The van der Waals surface area contributed by atoms with Crippen molar-refractivity contribution in [3.05, 3.63) is 22.7 Å². The van der Waals surface area contributed by atoms with Gasteiger partial charge in [0.25, 0.3) is 0 Å². The first-order chi connectivity index (χ1) is 19.7. The second kappa shape index (κ2) is 12.5. The first-order valence-corrected chi connectivity index (χ1v) is 15.2. The summed E-state index contributed by atoms with van der Waals surface area (Å²) in [6.45, 7) is 7.21. The fourth-order valence-corrected chi connectivity index (χ4v) is 7.25. The summed E-state index contributed by atoms with van der Waals surface area (Å²) >= 11 is 3.53. The number of hydrogen-bond acceptors (Lipinski definition) is 9. The van der Waals surface area contributed by atoms with E-state index in [9.17, 15) is 24.3 Å². The second-order valence-electron chi connectivity index (χ2n) is 11.4. The summed E-state index contributed by atoms with van der Waals surface area (Å²) in [6, 6.07) is -1.76. The highest BCUT2D eigenvalue weighted by Crippen LogP contribution is 2.59. The molecular formula is C28H39BrN4O8. The van der Waals surface area contributed by atoms with Gasteiger partial charge >= 0.3 is 5.97 Å². The Balaban J connectivity index is 1.52. The van der Waals surface area contributed by atoms with Crippen LogP contribution in [0.25, 0.3) is 0 Å². The molecule has 0 aromatic carbocycles. The number of nitrogens with zero attached hydrogens (tertiary/aromatic N) is 3. The maximum absolute atomic E-state index is 14.5. The lowest BCUT2D eigenvalue weighted by molar-refractivity contribution is -0.159. The summed E-state index contributed by atoms with van der Waals surface area (Å²) in [7, 11) is 0. The zero-order valence-electron chi connectivity index (χ0n) is 23.5. The molecule has 3 saturated heterocycles. The van der Waals surface area contributed by atoms with Gasteiger partial charge in [-0.15, -0.1) is 0 Å². The Morgan fingerprint density at radius 2 is 1.90 bits per heavy atom. The van der Waals surface area contributed by atoms with Crippen LogP contribution >= 0.6 is 15.9 Å². The molecule has 5 bridgehead atoms. The van der Waals surface area contributed by atoms with E-state index < -0.39 is 53.6 Å². The number of carbonyl (C=O) groups is 4. The number of hydrogen-bond donors (Lipinski definition) is 2. The molecular weight excluding hydrogens is 600 g/mol. The van der Waals surface area contributed by atoms with Crippen LogP contribution in [0.5, 0.6) is 0 Å². The Labute approximate surface area is 248 Å². The Kier molecular flexibility index (Phi) is 9.19. The molecule has 13 heteroatoms. The molecule has 3 amide bonds. The van der Waals surface area contributed by atoms with Gasteiger partial charge in [-0.05, 0) is 26.3 Å². The van der Waals surface area contributed by atoms with E-state index in [1.165, 1.54) is 4.90 Å². The maximum Gasteiger partial charge on any atom is 0.313 e. The number of cyclic esters (lactones) is 1. The Morgan fingerprint density at radius 3 is 2.63 bits per heavy atom. The van der Waals surface area contributed by atoms with E-state index in [2.05, 4.69) is 26.1 Å². The minimum Gasteiger partial charge on any atom is -0.460 e. The number of esters is 1. The van der Waals surface area contributed by atoms with Crippen molar-refractivity contribution in [2.75, 3.05) is 59.1 Å². The largest absolute Gasteiger partial charge is 0.460 e. The number of fused-ring (bicyclic) bond motifs is 2. The highest BCUT2D eigenvalue weighted by Gasteiger charge is 2.75. The van der Waals surface area contributed by atoms with Crippen LogP contribution in [0.4, 0.5) is 0 Å². The van der Waals surface area contributed by atoms with Crippen molar-refractivity contribution >= 4 is 39.6 Å². The number of allylic oxidation sites excluding steroid dienone is 1. The molecule has 5 heterocycles. The lowest BCUT2D eigenvalue weighted by Gasteiger charge is -2.38. The highest BCUT2D eigenvalue weighted by molar-refractivity contribution is 9.11. The predicted molar refractivity (Wildman–Crippen MR) is 150 cm³/mol.